The Morgan fingerprint density at radius 1 is 1.24 bits per heavy atom. The van der Waals surface area contributed by atoms with Gasteiger partial charge in [0.15, 0.2) is 10.9 Å². The van der Waals surface area contributed by atoms with Crippen molar-refractivity contribution in [1.82, 2.24) is 15.2 Å². The molecule has 2 N–H and O–H groups in total. The topological polar surface area (TPSA) is 105 Å². The van der Waals surface area contributed by atoms with Crippen molar-refractivity contribution in [3.05, 3.63) is 35.2 Å². The van der Waals surface area contributed by atoms with Crippen LogP contribution in [0, 0.1) is 5.92 Å². The Hall–Kier alpha value is -2.68. The van der Waals surface area contributed by atoms with Gasteiger partial charge >= 0.3 is 0 Å². The van der Waals surface area contributed by atoms with Crippen LogP contribution in [0.25, 0.3) is 0 Å². The molecule has 0 aromatic carbocycles. The number of carbonyl (C=O) groups is 3. The summed E-state index contributed by atoms with van der Waals surface area (Å²) in [7, 11) is 0. The lowest BCUT2D eigenvalue weighted by Gasteiger charge is -2.22. The van der Waals surface area contributed by atoms with Crippen LogP contribution in [0.5, 0.6) is 0 Å². The predicted octanol–water partition coefficient (Wildman–Crippen LogP) is 2.93. The molecule has 0 unspecified atom stereocenters. The summed E-state index contributed by atoms with van der Waals surface area (Å²) in [6.45, 7) is 8.20. The quantitative estimate of drug-likeness (QED) is 0.615. The van der Waals surface area contributed by atoms with Crippen LogP contribution in [-0.4, -0.2) is 46.7 Å². The van der Waals surface area contributed by atoms with Crippen LogP contribution in [0.15, 0.2) is 28.2 Å². The molecule has 0 bridgehead atoms. The molecule has 8 nitrogen and oxygen atoms in total. The van der Waals surface area contributed by atoms with Gasteiger partial charge in [0.25, 0.3) is 5.91 Å². The highest BCUT2D eigenvalue weighted by atomic mass is 32.1. The van der Waals surface area contributed by atoms with Gasteiger partial charge in [0.2, 0.25) is 11.8 Å². The molecule has 0 saturated carbocycles. The lowest BCUT2D eigenvalue weighted by atomic mass is 10.2. The molecular weight excluding hydrogens is 392 g/mol. The van der Waals surface area contributed by atoms with Gasteiger partial charge < -0.3 is 20.0 Å². The second-order valence-electron chi connectivity index (χ2n) is 7.30. The number of hydrogen-bond acceptors (Lipinski definition) is 6. The Morgan fingerprint density at radius 3 is 2.62 bits per heavy atom. The van der Waals surface area contributed by atoms with Crippen molar-refractivity contribution in [3.63, 3.8) is 0 Å². The summed E-state index contributed by atoms with van der Waals surface area (Å²) in [4.78, 5) is 42.7. The first-order chi connectivity index (χ1) is 13.8. The molecule has 0 aliphatic carbocycles. The fraction of sp³-hybridized carbons (Fsp3) is 0.500. The minimum atomic E-state index is -0.351. The second-order valence-corrected chi connectivity index (χ2v) is 8.16. The largest absolute Gasteiger partial charge is 0.459 e. The van der Waals surface area contributed by atoms with Crippen LogP contribution in [0.1, 0.15) is 50.4 Å². The van der Waals surface area contributed by atoms with E-state index in [-0.39, 0.29) is 48.4 Å². The number of amides is 3. The molecule has 0 radical (unpaired) electrons. The molecule has 0 aliphatic rings. The smallest absolute Gasteiger partial charge is 0.290 e. The van der Waals surface area contributed by atoms with E-state index in [1.165, 1.54) is 22.5 Å². The fourth-order valence-electron chi connectivity index (χ4n) is 2.59. The Kier molecular flexibility index (Phi) is 8.38. The minimum absolute atomic E-state index is 0.102. The van der Waals surface area contributed by atoms with Crippen molar-refractivity contribution in [3.8, 4) is 0 Å². The van der Waals surface area contributed by atoms with Crippen LogP contribution < -0.4 is 10.6 Å². The second kappa shape index (κ2) is 10.8. The number of anilines is 1. The van der Waals surface area contributed by atoms with Gasteiger partial charge in [0.05, 0.1) is 18.4 Å². The van der Waals surface area contributed by atoms with E-state index < -0.39 is 0 Å². The average Bonchev–Trinajstić information content (AvgIpc) is 3.32. The SMILES string of the molecule is CC[C@@H](C)NC(=O)Cc1csc(NC(=O)CN(CC(C)C)C(=O)c2ccco2)n1. The summed E-state index contributed by atoms with van der Waals surface area (Å²) in [6.07, 6.45) is 2.44. The number of nitrogens with one attached hydrogen (secondary N) is 2. The molecule has 2 heterocycles. The number of nitrogens with zero attached hydrogens (tertiary/aromatic N) is 2. The summed E-state index contributed by atoms with van der Waals surface area (Å²) in [5.74, 6) is -0.398. The summed E-state index contributed by atoms with van der Waals surface area (Å²) >= 11 is 1.25. The number of rotatable bonds is 10. The molecular formula is C20H28N4O4S. The highest BCUT2D eigenvalue weighted by molar-refractivity contribution is 7.13. The predicted molar refractivity (Wildman–Crippen MR) is 112 cm³/mol. The molecule has 2 rings (SSSR count). The van der Waals surface area contributed by atoms with Crippen molar-refractivity contribution in [2.24, 2.45) is 5.92 Å². The molecule has 0 saturated heterocycles. The highest BCUT2D eigenvalue weighted by Gasteiger charge is 2.22. The molecule has 0 aliphatic heterocycles. The summed E-state index contributed by atoms with van der Waals surface area (Å²) in [5.41, 5.74) is 0.594. The van der Waals surface area contributed by atoms with Crippen molar-refractivity contribution < 1.29 is 18.8 Å². The Labute approximate surface area is 174 Å². The van der Waals surface area contributed by atoms with E-state index in [1.54, 1.807) is 17.5 Å². The number of furan rings is 1. The molecule has 1 atom stereocenters. The first-order valence-corrected chi connectivity index (χ1v) is 10.5. The molecule has 0 fully saturated rings. The van der Waals surface area contributed by atoms with Crippen LogP contribution in [0.2, 0.25) is 0 Å². The van der Waals surface area contributed by atoms with Crippen LogP contribution in [-0.2, 0) is 16.0 Å². The van der Waals surface area contributed by atoms with E-state index in [4.69, 9.17) is 4.42 Å². The third kappa shape index (κ3) is 7.34. The fourth-order valence-corrected chi connectivity index (χ4v) is 3.31. The number of thiazole rings is 1. The van der Waals surface area contributed by atoms with Gasteiger partial charge in [-0.05, 0) is 31.4 Å². The lowest BCUT2D eigenvalue weighted by Crippen LogP contribution is -2.40. The number of hydrogen-bond donors (Lipinski definition) is 2. The maximum absolute atomic E-state index is 12.6. The van der Waals surface area contributed by atoms with Crippen LogP contribution in [0.4, 0.5) is 5.13 Å². The van der Waals surface area contributed by atoms with Crippen molar-refractivity contribution in [2.45, 2.75) is 46.6 Å². The standard InChI is InChI=1S/C20H28N4O4S/c1-5-14(4)21-17(25)9-15-12-29-20(22-15)23-18(26)11-24(10-13(2)3)19(27)16-7-6-8-28-16/h6-8,12-14H,5,9-11H2,1-4H3,(H,21,25)(H,22,23,26)/t14-/m1/s1. The van der Waals surface area contributed by atoms with Gasteiger partial charge in [-0.1, -0.05) is 20.8 Å². The van der Waals surface area contributed by atoms with Gasteiger partial charge in [-0.15, -0.1) is 11.3 Å². The van der Waals surface area contributed by atoms with Gasteiger partial charge in [0.1, 0.15) is 6.54 Å². The van der Waals surface area contributed by atoms with E-state index >= 15 is 0 Å². The average molecular weight is 421 g/mol. The zero-order valence-corrected chi connectivity index (χ0v) is 18.0. The summed E-state index contributed by atoms with van der Waals surface area (Å²) in [6, 6.07) is 3.32. The number of carbonyl (C=O) groups excluding carboxylic acids is 3. The Morgan fingerprint density at radius 2 is 2.00 bits per heavy atom. The maximum Gasteiger partial charge on any atom is 0.290 e. The minimum Gasteiger partial charge on any atom is -0.459 e. The Bertz CT molecular complexity index is 816. The van der Waals surface area contributed by atoms with Gasteiger partial charge in [-0.25, -0.2) is 4.98 Å². The lowest BCUT2D eigenvalue weighted by molar-refractivity contribution is -0.121. The van der Waals surface area contributed by atoms with E-state index in [2.05, 4.69) is 15.6 Å². The molecule has 29 heavy (non-hydrogen) atoms. The third-order valence-corrected chi connectivity index (χ3v) is 4.91. The van der Waals surface area contributed by atoms with Crippen molar-refractivity contribution in [1.29, 1.82) is 0 Å². The number of aromatic nitrogens is 1. The molecule has 158 valence electrons. The molecule has 9 heteroatoms. The van der Waals surface area contributed by atoms with E-state index in [0.717, 1.165) is 6.42 Å². The molecule has 2 aromatic heterocycles. The monoisotopic (exact) mass is 420 g/mol. The highest BCUT2D eigenvalue weighted by Crippen LogP contribution is 2.16. The molecule has 3 amide bonds. The normalized spacial score (nSPS) is 11.9. The van der Waals surface area contributed by atoms with Crippen molar-refractivity contribution >= 4 is 34.2 Å². The first-order valence-electron chi connectivity index (χ1n) is 9.64. The maximum atomic E-state index is 12.6. The first kappa shape index (κ1) is 22.6. The van der Waals surface area contributed by atoms with Gasteiger partial charge in [-0.3, -0.25) is 14.4 Å². The van der Waals surface area contributed by atoms with Gasteiger partial charge in [-0.2, -0.15) is 0 Å². The summed E-state index contributed by atoms with van der Waals surface area (Å²) < 4.78 is 5.16. The van der Waals surface area contributed by atoms with Gasteiger partial charge in [0, 0.05) is 18.0 Å². The summed E-state index contributed by atoms with van der Waals surface area (Å²) in [5, 5.41) is 7.73. The zero-order valence-electron chi connectivity index (χ0n) is 17.2. The van der Waals surface area contributed by atoms with E-state index in [0.29, 0.717) is 17.4 Å². The van der Waals surface area contributed by atoms with E-state index in [9.17, 15) is 14.4 Å². The molecule has 2 aromatic rings. The van der Waals surface area contributed by atoms with Crippen LogP contribution >= 0.6 is 11.3 Å². The molecule has 0 spiro atoms. The van der Waals surface area contributed by atoms with Crippen molar-refractivity contribution in [2.75, 3.05) is 18.4 Å². The van der Waals surface area contributed by atoms with Crippen LogP contribution in [0.3, 0.4) is 0 Å². The Balaban J connectivity index is 1.93. The van der Waals surface area contributed by atoms with E-state index in [1.807, 2.05) is 27.7 Å². The zero-order chi connectivity index (χ0) is 21.4. The third-order valence-electron chi connectivity index (χ3n) is 4.10.